The molecule has 2 amide bonds. The molecule has 4 rings (SSSR count). The fourth-order valence-electron chi connectivity index (χ4n) is 3.86. The number of anilines is 1. The van der Waals surface area contributed by atoms with E-state index in [4.69, 9.17) is 5.73 Å². The molecule has 1 fully saturated rings. The largest absolute Gasteiger partial charge is 0.366 e. The van der Waals surface area contributed by atoms with Crippen LogP contribution in [-0.2, 0) is 14.8 Å². The summed E-state index contributed by atoms with van der Waals surface area (Å²) in [7, 11) is -3.69. The molecule has 172 valence electrons. The van der Waals surface area contributed by atoms with Crippen molar-refractivity contribution in [1.29, 1.82) is 0 Å². The first-order valence-corrected chi connectivity index (χ1v) is 12.9. The van der Waals surface area contributed by atoms with Crippen molar-refractivity contribution < 1.29 is 18.0 Å². The lowest BCUT2D eigenvalue weighted by Crippen LogP contribution is -2.43. The first-order chi connectivity index (χ1) is 15.8. The third-order valence-corrected chi connectivity index (χ3v) is 8.69. The Morgan fingerprint density at radius 3 is 2.45 bits per heavy atom. The molecule has 1 unspecified atom stereocenters. The highest BCUT2D eigenvalue weighted by molar-refractivity contribution is 7.89. The number of amides is 2. The minimum atomic E-state index is -3.69. The van der Waals surface area contributed by atoms with Gasteiger partial charge in [0.05, 0.1) is 16.4 Å². The van der Waals surface area contributed by atoms with Gasteiger partial charge in [-0.3, -0.25) is 9.59 Å². The van der Waals surface area contributed by atoms with Crippen LogP contribution >= 0.6 is 11.3 Å². The highest BCUT2D eigenvalue weighted by Crippen LogP contribution is 2.36. The zero-order valence-electron chi connectivity index (χ0n) is 18.2. The molecule has 2 aromatic carbocycles. The van der Waals surface area contributed by atoms with Crippen LogP contribution in [0.15, 0.2) is 65.6 Å². The molecule has 3 aromatic rings. The maximum absolute atomic E-state index is 13.1. The number of thiophene rings is 1. The molecule has 7 nitrogen and oxygen atoms in total. The molecule has 33 heavy (non-hydrogen) atoms. The van der Waals surface area contributed by atoms with E-state index in [0.717, 1.165) is 16.0 Å². The predicted molar refractivity (Wildman–Crippen MR) is 130 cm³/mol. The van der Waals surface area contributed by atoms with Gasteiger partial charge in [-0.15, -0.1) is 11.3 Å². The number of carbonyl (C=O) groups excluding carboxylic acids is 2. The average molecular weight is 484 g/mol. The predicted octanol–water partition coefficient (Wildman–Crippen LogP) is 3.86. The molecule has 1 aromatic heterocycles. The van der Waals surface area contributed by atoms with Crippen LogP contribution in [0, 0.1) is 12.8 Å². The number of hydrogen-bond donors (Lipinski definition) is 2. The molecule has 0 bridgehead atoms. The first kappa shape index (κ1) is 23.2. The van der Waals surface area contributed by atoms with Crippen LogP contribution in [0.5, 0.6) is 0 Å². The van der Waals surface area contributed by atoms with E-state index in [1.165, 1.54) is 15.6 Å². The summed E-state index contributed by atoms with van der Waals surface area (Å²) in [4.78, 5) is 26.1. The van der Waals surface area contributed by atoms with Gasteiger partial charge in [0, 0.05) is 18.0 Å². The van der Waals surface area contributed by atoms with Crippen molar-refractivity contribution in [2.45, 2.75) is 24.7 Å². The van der Waals surface area contributed by atoms with Gasteiger partial charge in [-0.1, -0.05) is 48.0 Å². The SMILES string of the molecule is Cc1ccc(S(=O)(=O)N2CCCC(C(=O)Nc3sc(-c4ccccc4)cc3C(N)=O)C2)cc1. The lowest BCUT2D eigenvalue weighted by molar-refractivity contribution is -0.120. The molecule has 0 spiro atoms. The maximum Gasteiger partial charge on any atom is 0.251 e. The standard InChI is InChI=1S/C24H25N3O4S2/c1-16-9-11-19(12-10-16)33(30,31)27-13-5-8-18(15-27)23(29)26-24-20(22(25)28)14-21(32-24)17-6-3-2-4-7-17/h2-4,6-7,9-12,14,18H,5,8,13,15H2,1H3,(H2,25,28)(H,26,29). The second kappa shape index (κ2) is 9.46. The number of nitrogens with two attached hydrogens (primary N) is 1. The van der Waals surface area contributed by atoms with Gasteiger partial charge in [-0.05, 0) is 43.5 Å². The maximum atomic E-state index is 13.1. The molecular weight excluding hydrogens is 458 g/mol. The van der Waals surface area contributed by atoms with Crippen LogP contribution in [0.4, 0.5) is 5.00 Å². The molecule has 1 aliphatic heterocycles. The normalized spacial score (nSPS) is 16.9. The lowest BCUT2D eigenvalue weighted by atomic mass is 9.99. The molecule has 3 N–H and O–H groups in total. The Morgan fingerprint density at radius 2 is 1.79 bits per heavy atom. The fourth-order valence-corrected chi connectivity index (χ4v) is 6.46. The lowest BCUT2D eigenvalue weighted by Gasteiger charge is -2.31. The van der Waals surface area contributed by atoms with Crippen molar-refractivity contribution >= 4 is 38.2 Å². The van der Waals surface area contributed by atoms with Crippen LogP contribution in [0.3, 0.4) is 0 Å². The summed E-state index contributed by atoms with van der Waals surface area (Å²) < 4.78 is 27.5. The third kappa shape index (κ3) is 5.00. The second-order valence-corrected chi connectivity index (χ2v) is 11.1. The van der Waals surface area contributed by atoms with Gasteiger partial charge in [0.25, 0.3) is 5.91 Å². The number of rotatable bonds is 6. The molecule has 0 aliphatic carbocycles. The van der Waals surface area contributed by atoms with Crippen molar-refractivity contribution in [1.82, 2.24) is 4.31 Å². The molecule has 1 aliphatic rings. The Kier molecular flexibility index (Phi) is 6.64. The summed E-state index contributed by atoms with van der Waals surface area (Å²) in [6.07, 6.45) is 1.14. The van der Waals surface area contributed by atoms with Crippen molar-refractivity contribution in [2.75, 3.05) is 18.4 Å². The van der Waals surface area contributed by atoms with Crippen LogP contribution in [0.25, 0.3) is 10.4 Å². The minimum Gasteiger partial charge on any atom is -0.366 e. The van der Waals surface area contributed by atoms with E-state index in [1.54, 1.807) is 30.3 Å². The summed E-state index contributed by atoms with van der Waals surface area (Å²) in [5.41, 5.74) is 7.67. The monoisotopic (exact) mass is 483 g/mol. The van der Waals surface area contributed by atoms with Gasteiger partial charge < -0.3 is 11.1 Å². The zero-order chi connectivity index (χ0) is 23.6. The number of hydrogen-bond acceptors (Lipinski definition) is 5. The van der Waals surface area contributed by atoms with Gasteiger partial charge in [0.2, 0.25) is 15.9 Å². The van der Waals surface area contributed by atoms with Gasteiger partial charge >= 0.3 is 0 Å². The zero-order valence-corrected chi connectivity index (χ0v) is 19.8. The topological polar surface area (TPSA) is 110 Å². The Hall–Kier alpha value is -3.01. The summed E-state index contributed by atoms with van der Waals surface area (Å²) in [5, 5.41) is 3.21. The van der Waals surface area contributed by atoms with E-state index in [0.29, 0.717) is 24.4 Å². The van der Waals surface area contributed by atoms with E-state index < -0.39 is 21.8 Å². The van der Waals surface area contributed by atoms with Crippen LogP contribution in [0.1, 0.15) is 28.8 Å². The van der Waals surface area contributed by atoms with E-state index >= 15 is 0 Å². The van der Waals surface area contributed by atoms with Crippen LogP contribution in [-0.4, -0.2) is 37.6 Å². The Bertz CT molecular complexity index is 1270. The Balaban J connectivity index is 1.52. The van der Waals surface area contributed by atoms with Crippen molar-refractivity contribution in [3.8, 4) is 10.4 Å². The molecule has 9 heteroatoms. The summed E-state index contributed by atoms with van der Waals surface area (Å²) in [6.45, 7) is 2.35. The van der Waals surface area contributed by atoms with E-state index in [2.05, 4.69) is 5.32 Å². The number of aryl methyl sites for hydroxylation is 1. The van der Waals surface area contributed by atoms with Crippen LogP contribution in [0.2, 0.25) is 0 Å². The number of primary amides is 1. The van der Waals surface area contributed by atoms with Crippen molar-refractivity contribution in [3.05, 3.63) is 71.8 Å². The van der Waals surface area contributed by atoms with Crippen molar-refractivity contribution in [3.63, 3.8) is 0 Å². The van der Waals surface area contributed by atoms with Gasteiger partial charge in [-0.2, -0.15) is 4.31 Å². The molecule has 2 heterocycles. The van der Waals surface area contributed by atoms with E-state index in [-0.39, 0.29) is 22.9 Å². The van der Waals surface area contributed by atoms with Crippen LogP contribution < -0.4 is 11.1 Å². The molecular formula is C24H25N3O4S2. The van der Waals surface area contributed by atoms with Crippen molar-refractivity contribution in [2.24, 2.45) is 11.7 Å². The molecule has 0 saturated carbocycles. The number of benzene rings is 2. The highest BCUT2D eigenvalue weighted by Gasteiger charge is 2.34. The number of nitrogens with zero attached hydrogens (tertiary/aromatic N) is 1. The fraction of sp³-hybridized carbons (Fsp3) is 0.250. The summed E-state index contributed by atoms with van der Waals surface area (Å²) in [5.74, 6) is -1.47. The minimum absolute atomic E-state index is 0.0882. The van der Waals surface area contributed by atoms with E-state index in [9.17, 15) is 18.0 Å². The summed E-state index contributed by atoms with van der Waals surface area (Å²) in [6, 6.07) is 17.9. The smallest absolute Gasteiger partial charge is 0.251 e. The first-order valence-electron chi connectivity index (χ1n) is 10.6. The van der Waals surface area contributed by atoms with E-state index in [1.807, 2.05) is 37.3 Å². The number of piperidine rings is 1. The highest BCUT2D eigenvalue weighted by atomic mass is 32.2. The van der Waals surface area contributed by atoms with Gasteiger partial charge in [0.1, 0.15) is 5.00 Å². The summed E-state index contributed by atoms with van der Waals surface area (Å²) >= 11 is 1.27. The quantitative estimate of drug-likeness (QED) is 0.555. The Labute approximate surface area is 197 Å². The Morgan fingerprint density at radius 1 is 1.09 bits per heavy atom. The number of nitrogens with one attached hydrogen (secondary N) is 1. The molecule has 0 radical (unpaired) electrons. The van der Waals surface area contributed by atoms with Gasteiger partial charge in [-0.25, -0.2) is 8.42 Å². The number of carbonyl (C=O) groups is 2. The molecule has 1 saturated heterocycles. The second-order valence-electron chi connectivity index (χ2n) is 8.09. The third-order valence-electron chi connectivity index (χ3n) is 5.71. The average Bonchev–Trinajstić information content (AvgIpc) is 3.24. The van der Waals surface area contributed by atoms with Gasteiger partial charge in [0.15, 0.2) is 0 Å². The molecule has 1 atom stereocenters. The number of sulfonamides is 1.